The van der Waals surface area contributed by atoms with Gasteiger partial charge in [0.25, 0.3) is 0 Å². The number of hydrogen-bond acceptors (Lipinski definition) is 5. The summed E-state index contributed by atoms with van der Waals surface area (Å²) in [7, 11) is -3.48. The number of carbonyl (C=O) groups is 1. The molecule has 1 aliphatic heterocycles. The van der Waals surface area contributed by atoms with E-state index in [4.69, 9.17) is 4.74 Å². The average molecular weight is 410 g/mol. The summed E-state index contributed by atoms with van der Waals surface area (Å²) < 4.78 is 32.2. The van der Waals surface area contributed by atoms with E-state index < -0.39 is 15.6 Å². The lowest BCUT2D eigenvalue weighted by Crippen LogP contribution is -2.51. The summed E-state index contributed by atoms with van der Waals surface area (Å²) >= 11 is 0. The molecular formula is C20H31N3O4S. The van der Waals surface area contributed by atoms with Crippen molar-refractivity contribution < 1.29 is 17.9 Å². The van der Waals surface area contributed by atoms with Gasteiger partial charge in [-0.1, -0.05) is 29.8 Å². The minimum absolute atomic E-state index is 0.297. The fourth-order valence-electron chi connectivity index (χ4n) is 2.72. The Morgan fingerprint density at radius 3 is 2.32 bits per heavy atom. The molecule has 156 valence electrons. The number of aryl methyl sites for hydroxylation is 1. The summed E-state index contributed by atoms with van der Waals surface area (Å²) in [6, 6.07) is 7.64. The second kappa shape index (κ2) is 9.54. The number of hydrogen-bond donors (Lipinski definition) is 1. The van der Waals surface area contributed by atoms with Crippen LogP contribution in [0.3, 0.4) is 0 Å². The maximum absolute atomic E-state index is 12.1. The second-order valence-electron chi connectivity index (χ2n) is 7.96. The Morgan fingerprint density at radius 1 is 1.14 bits per heavy atom. The molecule has 0 spiro atoms. The number of sulfonamides is 1. The van der Waals surface area contributed by atoms with E-state index in [0.717, 1.165) is 11.1 Å². The average Bonchev–Trinajstić information content (AvgIpc) is 2.60. The van der Waals surface area contributed by atoms with Gasteiger partial charge >= 0.3 is 6.09 Å². The lowest BCUT2D eigenvalue weighted by molar-refractivity contribution is 0.0147. The predicted octanol–water partition coefficient (Wildman–Crippen LogP) is 2.44. The van der Waals surface area contributed by atoms with Gasteiger partial charge in [0.2, 0.25) is 10.0 Å². The van der Waals surface area contributed by atoms with E-state index in [9.17, 15) is 13.2 Å². The van der Waals surface area contributed by atoms with Crippen molar-refractivity contribution in [3.63, 3.8) is 0 Å². The van der Waals surface area contributed by atoms with Crippen molar-refractivity contribution in [1.82, 2.24) is 14.5 Å². The van der Waals surface area contributed by atoms with Gasteiger partial charge in [0.05, 0.1) is 0 Å². The van der Waals surface area contributed by atoms with Gasteiger partial charge in [0.1, 0.15) is 5.60 Å². The first kappa shape index (κ1) is 22.4. The van der Waals surface area contributed by atoms with Crippen LogP contribution in [0.15, 0.2) is 29.7 Å². The molecule has 0 saturated carbocycles. The van der Waals surface area contributed by atoms with Crippen molar-refractivity contribution in [3.8, 4) is 0 Å². The van der Waals surface area contributed by atoms with Gasteiger partial charge in [-0.05, 0) is 39.3 Å². The normalized spacial score (nSPS) is 16.5. The predicted molar refractivity (Wildman–Crippen MR) is 111 cm³/mol. The molecule has 1 aromatic carbocycles. The van der Waals surface area contributed by atoms with Gasteiger partial charge in [-0.15, -0.1) is 0 Å². The zero-order chi connectivity index (χ0) is 20.8. The van der Waals surface area contributed by atoms with Crippen LogP contribution in [0.25, 0.3) is 6.08 Å². The number of benzene rings is 1. The van der Waals surface area contributed by atoms with Crippen LogP contribution >= 0.6 is 0 Å². The van der Waals surface area contributed by atoms with Crippen LogP contribution < -0.4 is 4.72 Å². The summed E-state index contributed by atoms with van der Waals surface area (Å²) in [6.07, 6.45) is 1.29. The Morgan fingerprint density at radius 2 is 1.75 bits per heavy atom. The van der Waals surface area contributed by atoms with Crippen LogP contribution in [0, 0.1) is 6.92 Å². The zero-order valence-corrected chi connectivity index (χ0v) is 18.0. The van der Waals surface area contributed by atoms with Crippen LogP contribution in [0.5, 0.6) is 0 Å². The molecule has 0 atom stereocenters. The molecule has 1 fully saturated rings. The molecule has 8 heteroatoms. The summed E-state index contributed by atoms with van der Waals surface area (Å²) in [5, 5.41) is 1.19. The third kappa shape index (κ3) is 8.00. The molecule has 1 saturated heterocycles. The molecule has 1 N–H and O–H groups in total. The first-order chi connectivity index (χ1) is 13.0. The van der Waals surface area contributed by atoms with Crippen LogP contribution in [0.4, 0.5) is 4.79 Å². The Balaban J connectivity index is 1.72. The lowest BCUT2D eigenvalue weighted by Gasteiger charge is -2.35. The largest absolute Gasteiger partial charge is 0.444 e. The molecule has 2 rings (SSSR count). The van der Waals surface area contributed by atoms with Gasteiger partial charge in [-0.2, -0.15) is 0 Å². The molecule has 7 nitrogen and oxygen atoms in total. The van der Waals surface area contributed by atoms with E-state index in [2.05, 4.69) is 9.62 Å². The Hall–Kier alpha value is -1.90. The molecule has 1 amide bonds. The minimum Gasteiger partial charge on any atom is -0.444 e. The molecule has 1 aromatic rings. The lowest BCUT2D eigenvalue weighted by atomic mass is 10.2. The number of ether oxygens (including phenoxy) is 1. The molecule has 28 heavy (non-hydrogen) atoms. The smallest absolute Gasteiger partial charge is 0.410 e. The zero-order valence-electron chi connectivity index (χ0n) is 17.1. The number of nitrogens with zero attached hydrogens (tertiary/aromatic N) is 2. The maximum atomic E-state index is 12.1. The second-order valence-corrected chi connectivity index (χ2v) is 9.61. The number of rotatable bonds is 6. The maximum Gasteiger partial charge on any atom is 0.410 e. The number of nitrogens with one attached hydrogen (secondary N) is 1. The van der Waals surface area contributed by atoms with E-state index in [0.29, 0.717) is 39.3 Å². The van der Waals surface area contributed by atoms with Crippen LogP contribution in [0.2, 0.25) is 0 Å². The molecule has 0 radical (unpaired) electrons. The summed E-state index contributed by atoms with van der Waals surface area (Å²) in [5.74, 6) is 0. The van der Waals surface area contributed by atoms with E-state index in [1.807, 2.05) is 52.0 Å². The highest BCUT2D eigenvalue weighted by atomic mass is 32.2. The summed E-state index contributed by atoms with van der Waals surface area (Å²) in [5.41, 5.74) is 1.47. The standard InChI is InChI=1S/C20H31N3O4S/c1-17-5-7-18(8-6-17)9-16-28(25,26)21-10-11-22-12-14-23(15-13-22)19(24)27-20(2,3)4/h5-9,16,21H,10-15H2,1-4H3/b16-9+. The highest BCUT2D eigenvalue weighted by molar-refractivity contribution is 7.92. The van der Waals surface area contributed by atoms with Gasteiger partial charge in [0.15, 0.2) is 0 Å². The van der Waals surface area contributed by atoms with Crippen LogP contribution in [0.1, 0.15) is 31.9 Å². The summed E-state index contributed by atoms with van der Waals surface area (Å²) in [6.45, 7) is 11.0. The van der Waals surface area contributed by atoms with Crippen molar-refractivity contribution in [3.05, 3.63) is 40.8 Å². The SMILES string of the molecule is Cc1ccc(/C=C/S(=O)(=O)NCCN2CCN(C(=O)OC(C)(C)C)CC2)cc1. The Bertz CT molecular complexity index is 775. The Kier molecular flexibility index (Phi) is 7.63. The highest BCUT2D eigenvalue weighted by Crippen LogP contribution is 2.12. The number of carbonyl (C=O) groups excluding carboxylic acids is 1. The van der Waals surface area contributed by atoms with Crippen molar-refractivity contribution in [1.29, 1.82) is 0 Å². The molecule has 1 aliphatic rings. The fraction of sp³-hybridized carbons (Fsp3) is 0.550. The van der Waals surface area contributed by atoms with Crippen molar-refractivity contribution >= 4 is 22.2 Å². The highest BCUT2D eigenvalue weighted by Gasteiger charge is 2.25. The van der Waals surface area contributed by atoms with Gasteiger partial charge in [-0.3, -0.25) is 4.90 Å². The van der Waals surface area contributed by atoms with E-state index in [-0.39, 0.29) is 6.09 Å². The van der Waals surface area contributed by atoms with Crippen LogP contribution in [-0.4, -0.2) is 69.2 Å². The fourth-order valence-corrected chi connectivity index (χ4v) is 3.53. The van der Waals surface area contributed by atoms with Crippen molar-refractivity contribution in [2.45, 2.75) is 33.3 Å². The molecule has 1 heterocycles. The van der Waals surface area contributed by atoms with Crippen molar-refractivity contribution in [2.24, 2.45) is 0 Å². The number of piperazine rings is 1. The molecular weight excluding hydrogens is 378 g/mol. The van der Waals surface area contributed by atoms with E-state index in [1.165, 1.54) is 5.41 Å². The molecule has 0 unspecified atom stereocenters. The first-order valence-electron chi connectivity index (χ1n) is 9.49. The third-order valence-electron chi connectivity index (χ3n) is 4.27. The first-order valence-corrected chi connectivity index (χ1v) is 11.0. The molecule has 0 aliphatic carbocycles. The van der Waals surface area contributed by atoms with E-state index in [1.54, 1.807) is 11.0 Å². The topological polar surface area (TPSA) is 79.0 Å². The van der Waals surface area contributed by atoms with Crippen molar-refractivity contribution in [2.75, 3.05) is 39.3 Å². The Labute approximate surface area is 168 Å². The van der Waals surface area contributed by atoms with E-state index >= 15 is 0 Å². The quantitative estimate of drug-likeness (QED) is 0.781. The minimum atomic E-state index is -3.48. The third-order valence-corrected chi connectivity index (χ3v) is 5.37. The van der Waals surface area contributed by atoms with Gasteiger partial charge in [0, 0.05) is 44.7 Å². The van der Waals surface area contributed by atoms with Gasteiger partial charge in [-0.25, -0.2) is 17.9 Å². The molecule has 0 aromatic heterocycles. The van der Waals surface area contributed by atoms with Gasteiger partial charge < -0.3 is 9.64 Å². The van der Waals surface area contributed by atoms with Crippen LogP contribution in [-0.2, 0) is 14.8 Å². The monoisotopic (exact) mass is 409 g/mol. The number of amides is 1. The molecule has 0 bridgehead atoms. The summed E-state index contributed by atoms with van der Waals surface area (Å²) in [4.78, 5) is 15.9.